The number of nitrogens with one attached hydrogen (secondary N) is 2. The van der Waals surface area contributed by atoms with Gasteiger partial charge in [-0.15, -0.1) is 0 Å². The molecule has 0 spiro atoms. The largest absolute Gasteiger partial charge is 0.494 e. The summed E-state index contributed by atoms with van der Waals surface area (Å²) in [6, 6.07) is 7.19. The van der Waals surface area contributed by atoms with Crippen molar-refractivity contribution in [1.82, 2.24) is 20.5 Å². The Morgan fingerprint density at radius 3 is 2.81 bits per heavy atom. The van der Waals surface area contributed by atoms with E-state index in [0.29, 0.717) is 18.7 Å². The number of aromatic nitrogens is 3. The van der Waals surface area contributed by atoms with Crippen molar-refractivity contribution in [2.75, 3.05) is 13.2 Å². The molecule has 21 heavy (non-hydrogen) atoms. The van der Waals surface area contributed by atoms with Crippen LogP contribution < -0.4 is 10.1 Å². The first-order valence-corrected chi connectivity index (χ1v) is 7.15. The fraction of sp³-hybridized carbons (Fsp3) is 0.400. The van der Waals surface area contributed by atoms with Gasteiger partial charge in [0.05, 0.1) is 6.61 Å². The van der Waals surface area contributed by atoms with Crippen molar-refractivity contribution in [2.45, 2.75) is 26.2 Å². The van der Waals surface area contributed by atoms with Gasteiger partial charge in [-0.1, -0.05) is 6.92 Å². The molecule has 112 valence electrons. The molecule has 0 saturated carbocycles. The van der Waals surface area contributed by atoms with Crippen LogP contribution >= 0.6 is 0 Å². The Morgan fingerprint density at radius 1 is 1.33 bits per heavy atom. The van der Waals surface area contributed by atoms with Crippen molar-refractivity contribution in [2.24, 2.45) is 0 Å². The van der Waals surface area contributed by atoms with Gasteiger partial charge in [-0.3, -0.25) is 9.89 Å². The molecule has 0 radical (unpaired) electrons. The van der Waals surface area contributed by atoms with E-state index in [0.717, 1.165) is 30.8 Å². The van der Waals surface area contributed by atoms with Gasteiger partial charge in [0.25, 0.3) is 5.91 Å². The van der Waals surface area contributed by atoms with Crippen LogP contribution in [-0.4, -0.2) is 34.2 Å². The molecule has 0 aliphatic carbocycles. The highest BCUT2D eigenvalue weighted by atomic mass is 16.5. The van der Waals surface area contributed by atoms with E-state index < -0.39 is 0 Å². The third kappa shape index (κ3) is 4.91. The van der Waals surface area contributed by atoms with E-state index in [2.05, 4.69) is 27.4 Å². The summed E-state index contributed by atoms with van der Waals surface area (Å²) in [5, 5.41) is 9.45. The first-order valence-electron chi connectivity index (χ1n) is 7.15. The minimum Gasteiger partial charge on any atom is -0.494 e. The molecule has 1 aromatic carbocycles. The van der Waals surface area contributed by atoms with E-state index in [1.54, 1.807) is 12.1 Å². The van der Waals surface area contributed by atoms with Crippen molar-refractivity contribution >= 4 is 5.91 Å². The summed E-state index contributed by atoms with van der Waals surface area (Å²) in [5.74, 6) is 1.55. The minimum absolute atomic E-state index is 0.0744. The van der Waals surface area contributed by atoms with Crippen molar-refractivity contribution in [3.8, 4) is 5.75 Å². The highest BCUT2D eigenvalue weighted by Crippen LogP contribution is 2.12. The van der Waals surface area contributed by atoms with Gasteiger partial charge in [-0.05, 0) is 37.1 Å². The van der Waals surface area contributed by atoms with Crippen LogP contribution in [0.3, 0.4) is 0 Å². The maximum Gasteiger partial charge on any atom is 0.251 e. The second kappa shape index (κ2) is 8.04. The SMILES string of the molecule is CCCOc1ccc(C(=O)NCCCc2ncn[nH]2)cc1. The number of hydrogen-bond donors (Lipinski definition) is 2. The maximum absolute atomic E-state index is 11.9. The third-order valence-electron chi connectivity index (χ3n) is 2.93. The lowest BCUT2D eigenvalue weighted by Crippen LogP contribution is -2.24. The van der Waals surface area contributed by atoms with E-state index in [1.165, 1.54) is 6.33 Å². The zero-order valence-corrected chi connectivity index (χ0v) is 12.1. The summed E-state index contributed by atoms with van der Waals surface area (Å²) in [6.07, 6.45) is 4.03. The molecule has 0 aliphatic rings. The number of aromatic amines is 1. The number of benzene rings is 1. The van der Waals surface area contributed by atoms with Crippen LogP contribution in [0.4, 0.5) is 0 Å². The minimum atomic E-state index is -0.0744. The molecule has 2 aromatic rings. The summed E-state index contributed by atoms with van der Waals surface area (Å²) < 4.78 is 5.48. The van der Waals surface area contributed by atoms with Crippen molar-refractivity contribution in [1.29, 1.82) is 0 Å². The Morgan fingerprint density at radius 2 is 2.14 bits per heavy atom. The predicted molar refractivity (Wildman–Crippen MR) is 79.3 cm³/mol. The topological polar surface area (TPSA) is 79.9 Å². The fourth-order valence-corrected chi connectivity index (χ4v) is 1.83. The highest BCUT2D eigenvalue weighted by Gasteiger charge is 2.05. The van der Waals surface area contributed by atoms with E-state index in [4.69, 9.17) is 4.74 Å². The zero-order valence-electron chi connectivity index (χ0n) is 12.1. The number of rotatable bonds is 8. The lowest BCUT2D eigenvalue weighted by Gasteiger charge is -2.07. The molecule has 0 bridgehead atoms. The lowest BCUT2D eigenvalue weighted by molar-refractivity contribution is 0.0953. The molecule has 2 N–H and O–H groups in total. The van der Waals surface area contributed by atoms with Gasteiger partial charge in [0.15, 0.2) is 0 Å². The Hall–Kier alpha value is -2.37. The molecule has 0 aliphatic heterocycles. The Bertz CT molecular complexity index is 537. The van der Waals surface area contributed by atoms with Gasteiger partial charge in [-0.25, -0.2) is 4.98 Å². The van der Waals surface area contributed by atoms with Crippen LogP contribution in [-0.2, 0) is 6.42 Å². The summed E-state index contributed by atoms with van der Waals surface area (Å²) in [5.41, 5.74) is 0.638. The lowest BCUT2D eigenvalue weighted by atomic mass is 10.2. The van der Waals surface area contributed by atoms with Crippen LogP contribution in [0.5, 0.6) is 5.75 Å². The van der Waals surface area contributed by atoms with E-state index in [1.807, 2.05) is 12.1 Å². The molecule has 1 aromatic heterocycles. The van der Waals surface area contributed by atoms with Gasteiger partial charge in [0.2, 0.25) is 0 Å². The van der Waals surface area contributed by atoms with Crippen molar-refractivity contribution in [3.05, 3.63) is 42.0 Å². The highest BCUT2D eigenvalue weighted by molar-refractivity contribution is 5.94. The summed E-state index contributed by atoms with van der Waals surface area (Å²) in [6.45, 7) is 3.35. The molecule has 1 amide bonds. The maximum atomic E-state index is 11.9. The molecule has 2 rings (SSSR count). The Labute approximate surface area is 123 Å². The summed E-state index contributed by atoms with van der Waals surface area (Å²) in [7, 11) is 0. The first kappa shape index (κ1) is 15.0. The standard InChI is InChI=1S/C15H20N4O2/c1-2-10-21-13-7-5-12(6-8-13)15(20)16-9-3-4-14-17-11-18-19-14/h5-8,11H,2-4,9-10H2,1H3,(H,16,20)(H,17,18,19). The second-order valence-corrected chi connectivity index (χ2v) is 4.66. The van der Waals surface area contributed by atoms with Crippen LogP contribution in [0.1, 0.15) is 35.9 Å². The van der Waals surface area contributed by atoms with Gasteiger partial charge >= 0.3 is 0 Å². The predicted octanol–water partition coefficient (Wildman–Crippen LogP) is 1.96. The molecule has 0 fully saturated rings. The van der Waals surface area contributed by atoms with Crippen molar-refractivity contribution < 1.29 is 9.53 Å². The third-order valence-corrected chi connectivity index (χ3v) is 2.93. The smallest absolute Gasteiger partial charge is 0.251 e. The Kier molecular flexibility index (Phi) is 5.75. The number of amides is 1. The first-order chi connectivity index (χ1) is 10.3. The van der Waals surface area contributed by atoms with Crippen LogP contribution in [0, 0.1) is 0 Å². The average Bonchev–Trinajstić information content (AvgIpc) is 3.03. The van der Waals surface area contributed by atoms with Gasteiger partial charge in [0, 0.05) is 18.5 Å². The monoisotopic (exact) mass is 288 g/mol. The van der Waals surface area contributed by atoms with Crippen LogP contribution in [0.15, 0.2) is 30.6 Å². The zero-order chi connectivity index (χ0) is 14.9. The Balaban J connectivity index is 1.72. The van der Waals surface area contributed by atoms with Gasteiger partial charge in [-0.2, -0.15) is 5.10 Å². The van der Waals surface area contributed by atoms with Crippen LogP contribution in [0.25, 0.3) is 0 Å². The van der Waals surface area contributed by atoms with E-state index >= 15 is 0 Å². The molecule has 1 heterocycles. The summed E-state index contributed by atoms with van der Waals surface area (Å²) in [4.78, 5) is 16.0. The normalized spacial score (nSPS) is 10.3. The molecule has 6 nitrogen and oxygen atoms in total. The number of nitrogens with zero attached hydrogens (tertiary/aromatic N) is 2. The average molecular weight is 288 g/mol. The quantitative estimate of drug-likeness (QED) is 0.728. The number of aryl methyl sites for hydroxylation is 1. The van der Waals surface area contributed by atoms with E-state index in [-0.39, 0.29) is 5.91 Å². The molecule has 0 saturated heterocycles. The number of carbonyl (C=O) groups excluding carboxylic acids is 1. The molecular formula is C15H20N4O2. The number of carbonyl (C=O) groups is 1. The summed E-state index contributed by atoms with van der Waals surface area (Å²) >= 11 is 0. The van der Waals surface area contributed by atoms with Crippen LogP contribution in [0.2, 0.25) is 0 Å². The molecule has 0 atom stereocenters. The fourth-order valence-electron chi connectivity index (χ4n) is 1.83. The number of ether oxygens (including phenoxy) is 1. The molecule has 6 heteroatoms. The van der Waals surface area contributed by atoms with Gasteiger partial charge in [0.1, 0.15) is 17.9 Å². The molecular weight excluding hydrogens is 268 g/mol. The number of hydrogen-bond acceptors (Lipinski definition) is 4. The molecule has 0 unspecified atom stereocenters. The second-order valence-electron chi connectivity index (χ2n) is 4.66. The number of H-pyrrole nitrogens is 1. The van der Waals surface area contributed by atoms with Crippen molar-refractivity contribution in [3.63, 3.8) is 0 Å². The van der Waals surface area contributed by atoms with Gasteiger partial charge < -0.3 is 10.1 Å². The van der Waals surface area contributed by atoms with E-state index in [9.17, 15) is 4.79 Å².